The van der Waals surface area contributed by atoms with Crippen molar-refractivity contribution in [2.24, 2.45) is 0 Å². The van der Waals surface area contributed by atoms with Crippen LogP contribution in [0, 0.1) is 0 Å². The predicted molar refractivity (Wildman–Crippen MR) is 165 cm³/mol. The average molecular weight is 564 g/mol. The Morgan fingerprint density at radius 3 is 2.13 bits per heavy atom. The third-order valence-corrected chi connectivity index (χ3v) is 8.16. The van der Waals surface area contributed by atoms with E-state index in [1.165, 1.54) is 0 Å². The first-order chi connectivity index (χ1) is 19.0. The molecule has 1 aliphatic heterocycles. The van der Waals surface area contributed by atoms with Crippen LogP contribution in [0.4, 0.5) is 4.79 Å². The van der Waals surface area contributed by atoms with E-state index in [9.17, 15) is 4.79 Å². The number of carbonyl (C=O) groups is 1. The van der Waals surface area contributed by atoms with Gasteiger partial charge < -0.3 is 0 Å². The average Bonchev–Trinajstić information content (AvgIpc) is 3.53. The number of thiocarbonyl (C=S) groups is 1. The minimum atomic E-state index is -0.0738. The second-order valence-corrected chi connectivity index (χ2v) is 10.9. The van der Waals surface area contributed by atoms with Crippen molar-refractivity contribution in [3.05, 3.63) is 136 Å². The van der Waals surface area contributed by atoms with Crippen molar-refractivity contribution in [3.8, 4) is 28.2 Å². The highest BCUT2D eigenvalue weighted by molar-refractivity contribution is 8.19. The Hall–Kier alpha value is -3.97. The highest BCUT2D eigenvalue weighted by Crippen LogP contribution is 2.35. The second kappa shape index (κ2) is 11.0. The van der Waals surface area contributed by atoms with Crippen molar-refractivity contribution in [2.75, 3.05) is 0 Å². The highest BCUT2D eigenvalue weighted by atomic mass is 35.5. The molecule has 39 heavy (non-hydrogen) atoms. The molecule has 0 unspecified atom stereocenters. The lowest BCUT2D eigenvalue weighted by Crippen LogP contribution is -2.26. The number of aromatic nitrogens is 2. The van der Waals surface area contributed by atoms with E-state index in [2.05, 4.69) is 30.3 Å². The van der Waals surface area contributed by atoms with Gasteiger partial charge in [-0.15, -0.1) is 0 Å². The summed E-state index contributed by atoms with van der Waals surface area (Å²) in [4.78, 5) is 15.6. The summed E-state index contributed by atoms with van der Waals surface area (Å²) in [6, 6.07) is 38.1. The number of carbonyl (C=O) groups excluding carboxylic acids is 1. The van der Waals surface area contributed by atoms with E-state index in [0.717, 1.165) is 56.0 Å². The molecular formula is C32H22ClN3OS2. The fourth-order valence-corrected chi connectivity index (χ4v) is 5.78. The molecule has 0 atom stereocenters. The van der Waals surface area contributed by atoms with Crippen LogP contribution in [0.25, 0.3) is 34.3 Å². The van der Waals surface area contributed by atoms with Crippen molar-refractivity contribution < 1.29 is 4.79 Å². The molecule has 4 nitrogen and oxygen atoms in total. The summed E-state index contributed by atoms with van der Waals surface area (Å²) in [6.07, 6.45) is 1.97. The molecule has 0 bridgehead atoms. The summed E-state index contributed by atoms with van der Waals surface area (Å²) in [5.74, 6) is 0. The van der Waals surface area contributed by atoms with Gasteiger partial charge in [0.15, 0.2) is 0 Å². The molecule has 1 saturated heterocycles. The second-order valence-electron chi connectivity index (χ2n) is 9.04. The van der Waals surface area contributed by atoms with Crippen molar-refractivity contribution >= 4 is 51.9 Å². The number of hydrogen-bond acceptors (Lipinski definition) is 4. The van der Waals surface area contributed by atoms with E-state index in [-0.39, 0.29) is 5.24 Å². The third-order valence-electron chi connectivity index (χ3n) is 6.41. The monoisotopic (exact) mass is 563 g/mol. The molecule has 1 amide bonds. The Morgan fingerprint density at radius 2 is 1.46 bits per heavy atom. The van der Waals surface area contributed by atoms with E-state index >= 15 is 0 Å². The van der Waals surface area contributed by atoms with Crippen molar-refractivity contribution in [1.29, 1.82) is 0 Å². The number of hydrogen-bond donors (Lipinski definition) is 0. The van der Waals surface area contributed by atoms with Gasteiger partial charge in [-0.05, 0) is 59.3 Å². The van der Waals surface area contributed by atoms with Gasteiger partial charge in [-0.2, -0.15) is 5.10 Å². The van der Waals surface area contributed by atoms with Crippen molar-refractivity contribution in [1.82, 2.24) is 14.7 Å². The number of thioether (sulfide) groups is 1. The smallest absolute Gasteiger partial charge is 0.288 e. The zero-order chi connectivity index (χ0) is 26.8. The summed E-state index contributed by atoms with van der Waals surface area (Å²) in [7, 11) is 0. The van der Waals surface area contributed by atoms with Crippen LogP contribution in [0.15, 0.2) is 120 Å². The maximum absolute atomic E-state index is 12.7. The quantitative estimate of drug-likeness (QED) is 0.153. The third kappa shape index (κ3) is 5.45. The van der Waals surface area contributed by atoms with E-state index in [4.69, 9.17) is 28.9 Å². The number of amides is 1. The lowest BCUT2D eigenvalue weighted by Gasteiger charge is -2.14. The summed E-state index contributed by atoms with van der Waals surface area (Å²) in [5, 5.41) is 5.54. The topological polar surface area (TPSA) is 38.1 Å². The van der Waals surface area contributed by atoms with E-state index < -0.39 is 0 Å². The Bertz CT molecular complexity index is 1680. The molecule has 1 aliphatic rings. The molecule has 5 aromatic rings. The minimum Gasteiger partial charge on any atom is -0.288 e. The molecule has 1 fully saturated rings. The normalized spacial score (nSPS) is 14.4. The summed E-state index contributed by atoms with van der Waals surface area (Å²) < 4.78 is 1.97. The minimum absolute atomic E-state index is 0.0738. The molecule has 6 rings (SSSR count). The molecule has 1 aromatic heterocycles. The van der Waals surface area contributed by atoms with Gasteiger partial charge in [0.05, 0.1) is 28.5 Å². The zero-order valence-corrected chi connectivity index (χ0v) is 23.1. The van der Waals surface area contributed by atoms with Crippen LogP contribution in [0.5, 0.6) is 0 Å². The lowest BCUT2D eigenvalue weighted by atomic mass is 10.1. The van der Waals surface area contributed by atoms with Crippen LogP contribution in [-0.4, -0.2) is 24.9 Å². The summed E-state index contributed by atoms with van der Waals surface area (Å²) >= 11 is 12.8. The van der Waals surface area contributed by atoms with Crippen molar-refractivity contribution in [2.45, 2.75) is 6.54 Å². The number of nitrogens with zero attached hydrogens (tertiary/aromatic N) is 3. The Labute approximate surface area is 241 Å². The first kappa shape index (κ1) is 25.3. The lowest BCUT2D eigenvalue weighted by molar-refractivity contribution is 0.244. The zero-order valence-electron chi connectivity index (χ0n) is 20.7. The highest BCUT2D eigenvalue weighted by Gasteiger charge is 2.31. The van der Waals surface area contributed by atoms with Gasteiger partial charge in [-0.3, -0.25) is 9.69 Å². The van der Waals surface area contributed by atoms with Gasteiger partial charge in [0.2, 0.25) is 0 Å². The number of benzene rings is 4. The van der Waals surface area contributed by atoms with Crippen LogP contribution >= 0.6 is 35.6 Å². The maximum atomic E-state index is 12.7. The van der Waals surface area contributed by atoms with Crippen LogP contribution in [-0.2, 0) is 6.54 Å². The Balaban J connectivity index is 1.27. The Morgan fingerprint density at radius 1 is 0.821 bits per heavy atom. The molecule has 7 heteroatoms. The summed E-state index contributed by atoms with van der Waals surface area (Å²) in [6.45, 7) is 0.420. The molecule has 0 aliphatic carbocycles. The first-order valence-corrected chi connectivity index (χ1v) is 14.0. The van der Waals surface area contributed by atoms with E-state index in [1.807, 2.05) is 95.7 Å². The van der Waals surface area contributed by atoms with Gasteiger partial charge in [0.1, 0.15) is 4.99 Å². The van der Waals surface area contributed by atoms with Gasteiger partial charge in [0.25, 0.3) is 5.24 Å². The van der Waals surface area contributed by atoms with E-state index in [0.29, 0.717) is 16.6 Å². The van der Waals surface area contributed by atoms with Crippen LogP contribution in [0.3, 0.4) is 0 Å². The molecular weight excluding hydrogens is 542 g/mol. The molecule has 0 N–H and O–H groups in total. The largest absolute Gasteiger partial charge is 0.291 e. The van der Waals surface area contributed by atoms with Gasteiger partial charge in [-0.25, -0.2) is 4.68 Å². The van der Waals surface area contributed by atoms with Gasteiger partial charge >= 0.3 is 0 Å². The fraction of sp³-hybridized carbons (Fsp3) is 0.0312. The van der Waals surface area contributed by atoms with Gasteiger partial charge in [-0.1, -0.05) is 109 Å². The fourth-order valence-electron chi connectivity index (χ4n) is 4.41. The SMILES string of the molecule is O=C1S/C(=C\c2ccc(-n3nc(-c4ccccc4)cc3-c3ccccc3)cc2)C(=S)N1Cc1ccc(Cl)cc1. The molecule has 0 saturated carbocycles. The predicted octanol–water partition coefficient (Wildman–Crippen LogP) is 8.90. The van der Waals surface area contributed by atoms with Gasteiger partial charge in [0, 0.05) is 16.1 Å². The molecule has 4 aromatic carbocycles. The number of halogens is 1. The standard InChI is InChI=1S/C32H22ClN3OS2/c33-26-15-11-23(12-16-26)21-35-31(38)30(39-32(35)37)19-22-13-17-27(18-14-22)36-29(25-9-5-2-6-10-25)20-28(34-36)24-7-3-1-4-8-24/h1-20H,21H2/b30-19-. The van der Waals surface area contributed by atoms with Crippen LogP contribution in [0.1, 0.15) is 11.1 Å². The number of rotatable bonds is 6. The molecule has 0 radical (unpaired) electrons. The molecule has 2 heterocycles. The van der Waals surface area contributed by atoms with Crippen LogP contribution < -0.4 is 0 Å². The van der Waals surface area contributed by atoms with Crippen molar-refractivity contribution in [3.63, 3.8) is 0 Å². The van der Waals surface area contributed by atoms with Crippen LogP contribution in [0.2, 0.25) is 5.02 Å². The molecule has 190 valence electrons. The summed E-state index contributed by atoms with van der Waals surface area (Å²) in [5.41, 5.74) is 6.95. The maximum Gasteiger partial charge on any atom is 0.291 e. The van der Waals surface area contributed by atoms with E-state index in [1.54, 1.807) is 4.90 Å². The molecule has 0 spiro atoms. The Kier molecular flexibility index (Phi) is 7.16. The first-order valence-electron chi connectivity index (χ1n) is 12.4.